The number of carbonyl (C=O) groups excluding carboxylic acids is 2. The van der Waals surface area contributed by atoms with Crippen LogP contribution in [0.15, 0.2) is 0 Å². The average Bonchev–Trinajstić information content (AvgIpc) is 2.10. The molecular weight excluding hydrogens is 259 g/mol. The summed E-state index contributed by atoms with van der Waals surface area (Å²) in [5.74, 6) is -1.82. The second-order valence-electron chi connectivity index (χ2n) is 6.24. The van der Waals surface area contributed by atoms with Crippen LogP contribution in [0.4, 0.5) is 4.53 Å². The lowest BCUT2D eigenvalue weighted by Crippen LogP contribution is -2.51. The lowest BCUT2D eigenvalue weighted by molar-refractivity contribution is -0.189. The van der Waals surface area contributed by atoms with E-state index in [-0.39, 0.29) is 0 Å². The Labute approximate surface area is 104 Å². The molecule has 0 aromatic heterocycles. The Kier molecular flexibility index (Phi) is 4.69. The molecule has 0 rings (SSSR count). The second kappa shape index (κ2) is 4.89. The van der Waals surface area contributed by atoms with Gasteiger partial charge in [-0.3, -0.25) is 9.74 Å². The first-order valence-electron chi connectivity index (χ1n) is 5.42. The van der Waals surface area contributed by atoms with Crippen molar-refractivity contribution in [2.45, 2.75) is 51.2 Å². The van der Waals surface area contributed by atoms with Gasteiger partial charge in [0.15, 0.2) is 5.04 Å². The van der Waals surface area contributed by atoms with Gasteiger partial charge in [0.25, 0.3) is 0 Å². The highest BCUT2D eigenvalue weighted by Crippen LogP contribution is 2.41. The van der Waals surface area contributed by atoms with E-state index in [2.05, 4.69) is 4.94 Å². The maximum atomic E-state index is 12.2. The first kappa shape index (κ1) is 16.3. The zero-order chi connectivity index (χ0) is 14.1. The van der Waals surface area contributed by atoms with Gasteiger partial charge < -0.3 is 4.43 Å². The van der Waals surface area contributed by atoms with Gasteiger partial charge in [0.1, 0.15) is 0 Å². The normalized spacial score (nSPS) is 16.0. The van der Waals surface area contributed by atoms with E-state index in [1.807, 2.05) is 19.6 Å². The Hall–Kier alpha value is -0.696. The van der Waals surface area contributed by atoms with Gasteiger partial charge in [0.2, 0.25) is 8.32 Å². The molecule has 1 unspecified atom stereocenters. The Morgan fingerprint density at radius 3 is 1.65 bits per heavy atom. The predicted molar refractivity (Wildman–Crippen MR) is 68.4 cm³/mol. The number of halogens is 1. The zero-order valence-electron chi connectivity index (χ0n) is 11.5. The maximum absolute atomic E-state index is 12.2. The summed E-state index contributed by atoms with van der Waals surface area (Å²) in [5, 5.41) is -1.51. The molecule has 0 aromatic rings. The Bertz CT molecular complexity index is 319. The fourth-order valence-corrected chi connectivity index (χ4v) is 3.33. The van der Waals surface area contributed by atoms with Gasteiger partial charge >= 0.3 is 11.9 Å². The van der Waals surface area contributed by atoms with Crippen LogP contribution in [0, 0.1) is 0 Å². The molecule has 0 bridgehead atoms. The first-order valence-corrected chi connectivity index (χ1v) is 12.3. The summed E-state index contributed by atoms with van der Waals surface area (Å²) in [6, 6.07) is 0. The molecule has 0 radical (unpaired) electrons. The van der Waals surface area contributed by atoms with Gasteiger partial charge in [-0.2, -0.15) is 0 Å². The van der Waals surface area contributed by atoms with Crippen LogP contribution < -0.4 is 0 Å². The van der Waals surface area contributed by atoms with E-state index in [1.54, 1.807) is 19.6 Å². The van der Waals surface area contributed by atoms with E-state index in [1.165, 1.54) is 6.92 Å². The summed E-state index contributed by atoms with van der Waals surface area (Å²) in [6.45, 7) is 12.3. The molecule has 100 valence electrons. The molecule has 0 saturated heterocycles. The predicted octanol–water partition coefficient (Wildman–Crippen LogP) is 2.89. The molecule has 0 aromatic carbocycles. The van der Waals surface area contributed by atoms with Crippen molar-refractivity contribution in [2.24, 2.45) is 0 Å². The van der Waals surface area contributed by atoms with E-state index in [4.69, 9.17) is 4.43 Å². The van der Waals surface area contributed by atoms with Crippen molar-refractivity contribution in [3.8, 4) is 0 Å². The molecule has 0 amide bonds. The van der Waals surface area contributed by atoms with Crippen LogP contribution in [0.5, 0.6) is 0 Å². The number of hydrogen-bond donors (Lipinski definition) is 0. The van der Waals surface area contributed by atoms with E-state index in [9.17, 15) is 14.1 Å². The van der Waals surface area contributed by atoms with Gasteiger partial charge in [-0.05, 0) is 26.6 Å². The standard InChI is InChI=1S/C10H21FO4Si2/c1-10(8(12)14-11,16(2,3)4)9(13)15-17(5,6)7/h1-7H3. The molecule has 0 heterocycles. The lowest BCUT2D eigenvalue weighted by atomic mass is 10.2. The van der Waals surface area contributed by atoms with Crippen molar-refractivity contribution in [1.29, 1.82) is 0 Å². The molecule has 4 nitrogen and oxygen atoms in total. The van der Waals surface area contributed by atoms with Crippen LogP contribution in [0.2, 0.25) is 44.3 Å². The van der Waals surface area contributed by atoms with Gasteiger partial charge in [-0.1, -0.05) is 19.6 Å². The molecule has 0 N–H and O–H groups in total. The molecule has 0 aliphatic rings. The Morgan fingerprint density at radius 2 is 1.41 bits per heavy atom. The molecule has 0 saturated carbocycles. The quantitative estimate of drug-likeness (QED) is 0.587. The van der Waals surface area contributed by atoms with E-state index in [0.29, 0.717) is 0 Å². The lowest BCUT2D eigenvalue weighted by Gasteiger charge is -2.36. The van der Waals surface area contributed by atoms with E-state index in [0.717, 1.165) is 0 Å². The third-order valence-electron chi connectivity index (χ3n) is 2.79. The summed E-state index contributed by atoms with van der Waals surface area (Å²) >= 11 is 0. The minimum atomic E-state index is -2.32. The molecule has 17 heavy (non-hydrogen) atoms. The van der Waals surface area contributed by atoms with Crippen molar-refractivity contribution >= 4 is 28.3 Å². The fourth-order valence-electron chi connectivity index (χ4n) is 1.15. The molecule has 0 aliphatic carbocycles. The Morgan fingerprint density at radius 1 is 1.00 bits per heavy atom. The van der Waals surface area contributed by atoms with Crippen molar-refractivity contribution in [3.05, 3.63) is 0 Å². The van der Waals surface area contributed by atoms with Crippen LogP contribution in [-0.4, -0.2) is 28.3 Å². The monoisotopic (exact) mass is 280 g/mol. The highest BCUT2D eigenvalue weighted by Gasteiger charge is 2.56. The highest BCUT2D eigenvalue weighted by molar-refractivity contribution is 6.86. The number of hydrogen-bond acceptors (Lipinski definition) is 4. The third-order valence-corrected chi connectivity index (χ3v) is 6.99. The molecule has 7 heteroatoms. The SMILES string of the molecule is CC(C(=O)OF)(C(=O)O[Si](C)(C)C)[Si](C)(C)C. The topological polar surface area (TPSA) is 52.6 Å². The largest absolute Gasteiger partial charge is 0.519 e. The van der Waals surface area contributed by atoms with Crippen LogP contribution in [0.3, 0.4) is 0 Å². The molecular formula is C10H21FO4Si2. The highest BCUT2D eigenvalue weighted by atomic mass is 28.4. The van der Waals surface area contributed by atoms with Gasteiger partial charge in [0, 0.05) is 4.53 Å². The second-order valence-corrected chi connectivity index (χ2v) is 16.2. The number of rotatable bonds is 4. The van der Waals surface area contributed by atoms with Crippen molar-refractivity contribution in [3.63, 3.8) is 0 Å². The van der Waals surface area contributed by atoms with Crippen LogP contribution in [0.1, 0.15) is 6.92 Å². The summed E-state index contributed by atoms with van der Waals surface area (Å²) < 4.78 is 17.5. The summed E-state index contributed by atoms with van der Waals surface area (Å²) in [6.07, 6.45) is 0. The fraction of sp³-hybridized carbons (Fsp3) is 0.800. The van der Waals surface area contributed by atoms with Crippen molar-refractivity contribution in [2.75, 3.05) is 0 Å². The molecule has 1 atom stereocenters. The molecule has 0 spiro atoms. The van der Waals surface area contributed by atoms with Crippen LogP contribution in [-0.2, 0) is 19.0 Å². The summed E-state index contributed by atoms with van der Waals surface area (Å²) in [7, 11) is -4.45. The molecule has 0 aliphatic heterocycles. The average molecular weight is 280 g/mol. The smallest absolute Gasteiger partial charge is 0.362 e. The van der Waals surface area contributed by atoms with Crippen molar-refractivity contribution < 1.29 is 23.5 Å². The van der Waals surface area contributed by atoms with Gasteiger partial charge in [0.05, 0.1) is 8.07 Å². The summed E-state index contributed by atoms with van der Waals surface area (Å²) in [4.78, 5) is 27.0. The van der Waals surface area contributed by atoms with Gasteiger partial charge in [-0.15, -0.1) is 0 Å². The minimum Gasteiger partial charge on any atom is -0.519 e. The van der Waals surface area contributed by atoms with Crippen molar-refractivity contribution in [1.82, 2.24) is 0 Å². The molecule has 0 fully saturated rings. The minimum absolute atomic E-state index is 0.668. The number of carbonyl (C=O) groups is 2. The van der Waals surface area contributed by atoms with Crippen LogP contribution >= 0.6 is 0 Å². The first-order chi connectivity index (χ1) is 7.36. The Balaban J connectivity index is 5.37. The zero-order valence-corrected chi connectivity index (χ0v) is 13.5. The third kappa shape index (κ3) is 3.63. The maximum Gasteiger partial charge on any atom is 0.362 e. The summed E-state index contributed by atoms with van der Waals surface area (Å²) in [5.41, 5.74) is 0. The van der Waals surface area contributed by atoms with Crippen LogP contribution in [0.25, 0.3) is 0 Å². The van der Waals surface area contributed by atoms with E-state index < -0.39 is 33.4 Å². The van der Waals surface area contributed by atoms with E-state index >= 15 is 0 Å². The van der Waals surface area contributed by atoms with Gasteiger partial charge in [-0.25, -0.2) is 4.79 Å².